The minimum atomic E-state index is -0.903. The largest absolute Gasteiger partial charge is 0.481 e. The molecule has 1 saturated heterocycles. The molecule has 0 radical (unpaired) electrons. The van der Waals surface area contributed by atoms with Gasteiger partial charge in [-0.2, -0.15) is 0 Å². The molecular weight excluding hydrogens is 246 g/mol. The van der Waals surface area contributed by atoms with Crippen LogP contribution in [-0.4, -0.2) is 54.2 Å². The van der Waals surface area contributed by atoms with Gasteiger partial charge in [-0.1, -0.05) is 6.42 Å². The Morgan fingerprint density at radius 3 is 2.63 bits per heavy atom. The number of amides is 2. The van der Waals surface area contributed by atoms with Crippen LogP contribution < -0.4 is 10.6 Å². The van der Waals surface area contributed by atoms with Gasteiger partial charge in [0.25, 0.3) is 0 Å². The van der Waals surface area contributed by atoms with E-state index in [9.17, 15) is 9.59 Å². The van der Waals surface area contributed by atoms with Crippen molar-refractivity contribution in [3.8, 4) is 0 Å². The Labute approximate surface area is 114 Å². The topological polar surface area (TPSA) is 81.7 Å². The molecule has 1 aliphatic rings. The summed E-state index contributed by atoms with van der Waals surface area (Å²) in [6.07, 6.45) is 3.51. The van der Waals surface area contributed by atoms with Crippen LogP contribution in [0.5, 0.6) is 0 Å². The van der Waals surface area contributed by atoms with Gasteiger partial charge in [-0.3, -0.25) is 4.79 Å². The summed E-state index contributed by atoms with van der Waals surface area (Å²) in [5.74, 6) is -1.50. The second-order valence-electron chi connectivity index (χ2n) is 5.40. The van der Waals surface area contributed by atoms with Crippen molar-refractivity contribution in [3.63, 3.8) is 0 Å². The van der Waals surface area contributed by atoms with Gasteiger partial charge in [0.05, 0.1) is 5.92 Å². The Bertz CT molecular complexity index is 322. The van der Waals surface area contributed by atoms with Crippen LogP contribution in [0.2, 0.25) is 0 Å². The van der Waals surface area contributed by atoms with Crippen molar-refractivity contribution >= 4 is 12.0 Å². The molecule has 0 aromatic carbocycles. The second kappa shape index (κ2) is 7.33. The van der Waals surface area contributed by atoms with Gasteiger partial charge in [0.15, 0.2) is 0 Å². The van der Waals surface area contributed by atoms with Crippen molar-refractivity contribution in [3.05, 3.63) is 0 Å². The summed E-state index contributed by atoms with van der Waals surface area (Å²) in [4.78, 5) is 24.7. The minimum Gasteiger partial charge on any atom is -0.481 e. The second-order valence-corrected chi connectivity index (χ2v) is 5.40. The predicted octanol–water partition coefficient (Wildman–Crippen LogP) is 0.879. The fraction of sp³-hybridized carbons (Fsp3) is 0.846. The van der Waals surface area contributed by atoms with Gasteiger partial charge < -0.3 is 20.6 Å². The first-order chi connectivity index (χ1) is 8.91. The predicted molar refractivity (Wildman–Crippen MR) is 73.1 cm³/mol. The molecule has 3 unspecified atom stereocenters. The number of nitrogens with one attached hydrogen (secondary N) is 2. The smallest absolute Gasteiger partial charge is 0.315 e. The number of urea groups is 1. The van der Waals surface area contributed by atoms with E-state index in [4.69, 9.17) is 5.11 Å². The molecule has 110 valence electrons. The van der Waals surface area contributed by atoms with Gasteiger partial charge >= 0.3 is 12.0 Å². The highest BCUT2D eigenvalue weighted by Crippen LogP contribution is 2.13. The third-order valence-electron chi connectivity index (χ3n) is 3.92. The van der Waals surface area contributed by atoms with Crippen molar-refractivity contribution < 1.29 is 14.7 Å². The molecule has 0 aliphatic carbocycles. The zero-order valence-corrected chi connectivity index (χ0v) is 12.0. The first-order valence-electron chi connectivity index (χ1n) is 6.89. The van der Waals surface area contributed by atoms with Gasteiger partial charge in [0, 0.05) is 18.6 Å². The van der Waals surface area contributed by atoms with Crippen LogP contribution in [0.25, 0.3) is 0 Å². The Morgan fingerprint density at radius 1 is 1.37 bits per heavy atom. The number of carboxylic acids is 1. The molecule has 1 rings (SSSR count). The number of carboxylic acid groups (broad SMARTS) is 1. The van der Waals surface area contributed by atoms with E-state index in [0.29, 0.717) is 12.6 Å². The normalized spacial score (nSPS) is 23.4. The summed E-state index contributed by atoms with van der Waals surface area (Å²) in [6, 6.07) is -0.298. The standard InChI is InChI=1S/C13H25N3O3/c1-9(12(17)18)10(2)15-13(19)14-8-11-6-4-5-7-16(11)3/h9-11H,4-8H2,1-3H3,(H,17,18)(H2,14,15,19). The van der Waals surface area contributed by atoms with Gasteiger partial charge in [0.1, 0.15) is 0 Å². The van der Waals surface area contributed by atoms with E-state index in [1.165, 1.54) is 12.8 Å². The van der Waals surface area contributed by atoms with Gasteiger partial charge in [-0.15, -0.1) is 0 Å². The molecule has 1 heterocycles. The summed E-state index contributed by atoms with van der Waals surface area (Å²) >= 11 is 0. The zero-order chi connectivity index (χ0) is 14.4. The number of likely N-dealkylation sites (N-methyl/N-ethyl adjacent to an activating group) is 1. The third kappa shape index (κ3) is 5.06. The van der Waals surface area contributed by atoms with E-state index in [-0.39, 0.29) is 12.1 Å². The number of nitrogens with zero attached hydrogens (tertiary/aromatic N) is 1. The summed E-state index contributed by atoms with van der Waals surface area (Å²) in [7, 11) is 2.07. The Morgan fingerprint density at radius 2 is 2.05 bits per heavy atom. The molecule has 1 fully saturated rings. The lowest BCUT2D eigenvalue weighted by atomic mass is 10.0. The lowest BCUT2D eigenvalue weighted by Gasteiger charge is -2.32. The van der Waals surface area contributed by atoms with Crippen LogP contribution in [-0.2, 0) is 4.79 Å². The number of rotatable bonds is 5. The van der Waals surface area contributed by atoms with E-state index in [1.54, 1.807) is 13.8 Å². The lowest BCUT2D eigenvalue weighted by molar-refractivity contribution is -0.141. The number of aliphatic carboxylic acids is 1. The van der Waals surface area contributed by atoms with E-state index < -0.39 is 11.9 Å². The number of likely N-dealkylation sites (tertiary alicyclic amines) is 1. The first kappa shape index (κ1) is 15.8. The molecule has 0 aromatic heterocycles. The third-order valence-corrected chi connectivity index (χ3v) is 3.92. The molecule has 0 aromatic rings. The fourth-order valence-corrected chi connectivity index (χ4v) is 2.21. The van der Waals surface area contributed by atoms with Crippen molar-refractivity contribution in [1.82, 2.24) is 15.5 Å². The van der Waals surface area contributed by atoms with Crippen LogP contribution in [0.1, 0.15) is 33.1 Å². The molecule has 3 atom stereocenters. The van der Waals surface area contributed by atoms with Crippen molar-refractivity contribution in [2.75, 3.05) is 20.1 Å². The zero-order valence-electron chi connectivity index (χ0n) is 12.0. The fourth-order valence-electron chi connectivity index (χ4n) is 2.21. The molecule has 0 bridgehead atoms. The van der Waals surface area contributed by atoms with Crippen LogP contribution in [0.15, 0.2) is 0 Å². The van der Waals surface area contributed by atoms with E-state index >= 15 is 0 Å². The van der Waals surface area contributed by atoms with Gasteiger partial charge in [-0.25, -0.2) is 4.79 Å². The highest BCUT2D eigenvalue weighted by atomic mass is 16.4. The number of hydrogen-bond acceptors (Lipinski definition) is 3. The monoisotopic (exact) mass is 271 g/mol. The van der Waals surface area contributed by atoms with Crippen molar-refractivity contribution in [2.45, 2.75) is 45.2 Å². The molecule has 6 nitrogen and oxygen atoms in total. The van der Waals surface area contributed by atoms with Crippen LogP contribution >= 0.6 is 0 Å². The number of carbonyl (C=O) groups excluding carboxylic acids is 1. The maximum absolute atomic E-state index is 11.7. The highest BCUT2D eigenvalue weighted by Gasteiger charge is 2.22. The first-order valence-corrected chi connectivity index (χ1v) is 6.89. The summed E-state index contributed by atoms with van der Waals surface area (Å²) in [6.45, 7) is 4.96. The maximum Gasteiger partial charge on any atom is 0.315 e. The van der Waals surface area contributed by atoms with Crippen LogP contribution in [0, 0.1) is 5.92 Å². The summed E-state index contributed by atoms with van der Waals surface area (Å²) in [5, 5.41) is 14.3. The SMILES string of the molecule is CC(NC(=O)NCC1CCCCN1C)C(C)C(=O)O. The molecule has 0 saturated carbocycles. The molecule has 0 spiro atoms. The summed E-state index contributed by atoms with van der Waals surface area (Å²) in [5.41, 5.74) is 0. The molecular formula is C13H25N3O3. The summed E-state index contributed by atoms with van der Waals surface area (Å²) < 4.78 is 0. The van der Waals surface area contributed by atoms with E-state index in [2.05, 4.69) is 22.6 Å². The van der Waals surface area contributed by atoms with Crippen molar-refractivity contribution in [2.24, 2.45) is 5.92 Å². The van der Waals surface area contributed by atoms with Gasteiger partial charge in [-0.05, 0) is 40.3 Å². The average Bonchev–Trinajstić information content (AvgIpc) is 2.36. The van der Waals surface area contributed by atoms with E-state index in [0.717, 1.165) is 13.0 Å². The molecule has 6 heteroatoms. The molecule has 3 N–H and O–H groups in total. The minimum absolute atomic E-state index is 0.292. The lowest BCUT2D eigenvalue weighted by Crippen LogP contribution is -2.50. The Kier molecular flexibility index (Phi) is 6.08. The average molecular weight is 271 g/mol. The molecule has 2 amide bonds. The highest BCUT2D eigenvalue weighted by molar-refractivity contribution is 5.76. The number of hydrogen-bond donors (Lipinski definition) is 3. The number of piperidine rings is 1. The maximum atomic E-state index is 11.7. The van der Waals surface area contributed by atoms with Crippen LogP contribution in [0.4, 0.5) is 4.79 Å². The Hall–Kier alpha value is -1.30. The van der Waals surface area contributed by atoms with Crippen LogP contribution in [0.3, 0.4) is 0 Å². The quantitative estimate of drug-likeness (QED) is 0.693. The van der Waals surface area contributed by atoms with E-state index in [1.807, 2.05) is 0 Å². The molecule has 19 heavy (non-hydrogen) atoms. The van der Waals surface area contributed by atoms with Crippen molar-refractivity contribution in [1.29, 1.82) is 0 Å². The Balaban J connectivity index is 2.29. The molecule has 1 aliphatic heterocycles. The van der Waals surface area contributed by atoms with Gasteiger partial charge in [0.2, 0.25) is 0 Å². The number of carbonyl (C=O) groups is 2.